The second-order valence-corrected chi connectivity index (χ2v) is 10.5. The van der Waals surface area contributed by atoms with Gasteiger partial charge in [-0.15, -0.1) is 6.42 Å². The Morgan fingerprint density at radius 2 is 1.53 bits per heavy atom. The molecule has 3 saturated heterocycles. The second-order valence-electron chi connectivity index (χ2n) is 10.1. The lowest BCUT2D eigenvalue weighted by molar-refractivity contribution is -0.118. The van der Waals surface area contributed by atoms with Gasteiger partial charge in [0.15, 0.2) is 0 Å². The number of hydrogen-bond donors (Lipinski definition) is 0. The van der Waals surface area contributed by atoms with Crippen LogP contribution in [0.1, 0.15) is 31.7 Å². The molecule has 2 aromatic carbocycles. The van der Waals surface area contributed by atoms with Crippen LogP contribution in [0.25, 0.3) is 0 Å². The Morgan fingerprint density at radius 3 is 2.09 bits per heavy atom. The van der Waals surface area contributed by atoms with Crippen LogP contribution in [0.2, 0.25) is 5.02 Å². The van der Waals surface area contributed by atoms with Gasteiger partial charge in [-0.25, -0.2) is 0 Å². The van der Waals surface area contributed by atoms with E-state index in [0.29, 0.717) is 16.5 Å². The zero-order valence-corrected chi connectivity index (χ0v) is 20.7. The van der Waals surface area contributed by atoms with Crippen molar-refractivity contribution in [2.24, 2.45) is 5.41 Å². The van der Waals surface area contributed by atoms with Crippen LogP contribution in [0, 0.1) is 17.8 Å². The summed E-state index contributed by atoms with van der Waals surface area (Å²) in [5, 5.41) is 0.664. The Bertz CT molecular complexity index is 1060. The normalized spacial score (nSPS) is 22.2. The fourth-order valence-electron chi connectivity index (χ4n) is 6.03. The molecular formula is C28H33ClN4O. The Kier molecular flexibility index (Phi) is 6.36. The number of terminal acetylenes is 1. The topological polar surface area (TPSA) is 30.0 Å². The molecule has 0 radical (unpaired) electrons. The number of anilines is 3. The van der Waals surface area contributed by atoms with Crippen molar-refractivity contribution in [1.29, 1.82) is 0 Å². The predicted octanol–water partition coefficient (Wildman–Crippen LogP) is 4.49. The van der Waals surface area contributed by atoms with E-state index >= 15 is 0 Å². The molecule has 0 N–H and O–H groups in total. The van der Waals surface area contributed by atoms with Gasteiger partial charge in [0.1, 0.15) is 0 Å². The van der Waals surface area contributed by atoms with Crippen LogP contribution >= 0.6 is 11.6 Å². The predicted molar refractivity (Wildman–Crippen MR) is 141 cm³/mol. The number of nitrogens with zero attached hydrogens (tertiary/aromatic N) is 4. The van der Waals surface area contributed by atoms with Crippen molar-refractivity contribution in [2.75, 3.05) is 60.5 Å². The number of piperidine rings is 1. The van der Waals surface area contributed by atoms with Crippen molar-refractivity contribution in [3.05, 3.63) is 53.1 Å². The minimum absolute atomic E-state index is 0.366. The maximum absolute atomic E-state index is 10.9. The van der Waals surface area contributed by atoms with E-state index in [0.717, 1.165) is 57.8 Å². The summed E-state index contributed by atoms with van der Waals surface area (Å²) in [7, 11) is 0. The van der Waals surface area contributed by atoms with Crippen molar-refractivity contribution < 1.29 is 4.79 Å². The number of halogens is 1. The van der Waals surface area contributed by atoms with E-state index in [4.69, 9.17) is 18.0 Å². The highest BCUT2D eigenvalue weighted by molar-refractivity contribution is 6.32. The van der Waals surface area contributed by atoms with Gasteiger partial charge in [-0.2, -0.15) is 0 Å². The monoisotopic (exact) mass is 476 g/mol. The molecule has 0 bridgehead atoms. The van der Waals surface area contributed by atoms with Crippen LogP contribution in [0.4, 0.5) is 17.1 Å². The zero-order chi connectivity index (χ0) is 23.7. The molecule has 5 nitrogen and oxygen atoms in total. The molecule has 1 atom stereocenters. The van der Waals surface area contributed by atoms with Crippen LogP contribution < -0.4 is 14.7 Å². The van der Waals surface area contributed by atoms with Crippen LogP contribution in [0.3, 0.4) is 0 Å². The molecule has 3 aliphatic heterocycles. The van der Waals surface area contributed by atoms with E-state index in [9.17, 15) is 4.79 Å². The van der Waals surface area contributed by atoms with Crippen molar-refractivity contribution in [3.8, 4) is 12.3 Å². The summed E-state index contributed by atoms with van der Waals surface area (Å²) >= 11 is 6.40. The number of carbonyl (C=O) groups excluding carboxylic acids is 1. The molecule has 3 aliphatic rings. The molecule has 0 aliphatic carbocycles. The summed E-state index contributed by atoms with van der Waals surface area (Å²) < 4.78 is 0. The number of amides is 1. The summed E-state index contributed by atoms with van der Waals surface area (Å²) in [4.78, 5) is 20.2. The highest BCUT2D eigenvalue weighted by Crippen LogP contribution is 2.46. The summed E-state index contributed by atoms with van der Waals surface area (Å²) in [6.45, 7) is 9.00. The quantitative estimate of drug-likeness (QED) is 0.480. The van der Waals surface area contributed by atoms with Crippen molar-refractivity contribution >= 4 is 35.1 Å². The smallest absolute Gasteiger partial charge is 0.209 e. The lowest BCUT2D eigenvalue weighted by Gasteiger charge is -2.40. The van der Waals surface area contributed by atoms with Crippen LogP contribution in [-0.4, -0.2) is 63.2 Å². The molecule has 0 saturated carbocycles. The summed E-state index contributed by atoms with van der Waals surface area (Å²) in [6, 6.07) is 15.6. The average Bonchev–Trinajstić information content (AvgIpc) is 3.20. The lowest BCUT2D eigenvalue weighted by Crippen LogP contribution is -2.45. The highest BCUT2D eigenvalue weighted by Gasteiger charge is 2.44. The number of carbonyl (C=O) groups is 1. The van der Waals surface area contributed by atoms with E-state index in [1.54, 1.807) is 0 Å². The number of benzene rings is 2. The van der Waals surface area contributed by atoms with Gasteiger partial charge in [0, 0.05) is 74.5 Å². The van der Waals surface area contributed by atoms with E-state index < -0.39 is 0 Å². The van der Waals surface area contributed by atoms with Crippen molar-refractivity contribution in [1.82, 2.24) is 4.90 Å². The fourth-order valence-corrected chi connectivity index (χ4v) is 6.25. The molecule has 3 fully saturated rings. The average molecular weight is 477 g/mol. The Balaban J connectivity index is 1.20. The summed E-state index contributed by atoms with van der Waals surface area (Å²) in [5.41, 5.74) is 4.86. The van der Waals surface area contributed by atoms with Gasteiger partial charge in [-0.1, -0.05) is 17.5 Å². The van der Waals surface area contributed by atoms with Gasteiger partial charge in [0.2, 0.25) is 6.41 Å². The first kappa shape index (κ1) is 22.9. The van der Waals surface area contributed by atoms with E-state index in [-0.39, 0.29) is 0 Å². The van der Waals surface area contributed by atoms with Gasteiger partial charge in [-0.3, -0.25) is 4.79 Å². The molecule has 0 unspecified atom stereocenters. The fraction of sp³-hybridized carbons (Fsp3) is 0.464. The minimum atomic E-state index is 0.366. The second kappa shape index (κ2) is 9.43. The van der Waals surface area contributed by atoms with Gasteiger partial charge in [-0.05, 0) is 74.1 Å². The van der Waals surface area contributed by atoms with E-state index in [1.165, 1.54) is 36.3 Å². The summed E-state index contributed by atoms with van der Waals surface area (Å²) in [5.74, 6) is 2.65. The van der Waals surface area contributed by atoms with Gasteiger partial charge in [0.05, 0.1) is 5.02 Å². The molecular weight excluding hydrogens is 444 g/mol. The van der Waals surface area contributed by atoms with Gasteiger partial charge in [0.25, 0.3) is 0 Å². The first-order valence-electron chi connectivity index (χ1n) is 12.3. The Hall–Kier alpha value is -2.84. The van der Waals surface area contributed by atoms with Crippen LogP contribution in [-0.2, 0) is 4.79 Å². The van der Waals surface area contributed by atoms with Crippen LogP contribution in [0.5, 0.6) is 0 Å². The third-order valence-corrected chi connectivity index (χ3v) is 8.39. The molecule has 2 aromatic rings. The third-order valence-electron chi connectivity index (χ3n) is 8.07. The first-order valence-corrected chi connectivity index (χ1v) is 12.7. The summed E-state index contributed by atoms with van der Waals surface area (Å²) in [6.07, 6.45) is 10.1. The van der Waals surface area contributed by atoms with Gasteiger partial charge < -0.3 is 19.6 Å². The third kappa shape index (κ3) is 4.44. The van der Waals surface area contributed by atoms with Gasteiger partial charge >= 0.3 is 0 Å². The molecule has 178 valence electrons. The van der Waals surface area contributed by atoms with Crippen molar-refractivity contribution in [2.45, 2.75) is 32.2 Å². The standard InChI is InChI=1S/C28H33ClN4O/c1-3-23-4-5-26(18-27(23)29)33-20-28(19-22(33)2)10-12-31(13-11-28)24-6-8-25(9-7-24)32-16-14-30(21-34)15-17-32/h1,4-9,18,21-22H,10-17,19-20H2,2H3/t22-/m0/s1. The minimum Gasteiger partial charge on any atom is -0.371 e. The molecule has 0 aromatic heterocycles. The molecule has 3 heterocycles. The van der Waals surface area contributed by atoms with E-state index in [2.05, 4.69) is 57.9 Å². The highest BCUT2D eigenvalue weighted by atomic mass is 35.5. The molecule has 34 heavy (non-hydrogen) atoms. The Labute approximate surface area is 208 Å². The number of hydrogen-bond acceptors (Lipinski definition) is 4. The molecule has 6 heteroatoms. The maximum Gasteiger partial charge on any atom is 0.209 e. The molecule has 1 spiro atoms. The maximum atomic E-state index is 10.9. The molecule has 1 amide bonds. The van der Waals surface area contributed by atoms with Crippen LogP contribution in [0.15, 0.2) is 42.5 Å². The number of piperazine rings is 1. The zero-order valence-electron chi connectivity index (χ0n) is 19.9. The van der Waals surface area contributed by atoms with E-state index in [1.807, 2.05) is 17.0 Å². The SMILES string of the molecule is C#Cc1ccc(N2CC3(CCN(c4ccc(N5CCN(C=O)CC5)cc4)CC3)C[C@@H]2C)cc1Cl. The largest absolute Gasteiger partial charge is 0.371 e. The molecule has 5 rings (SSSR count). The Morgan fingerprint density at radius 1 is 0.941 bits per heavy atom. The lowest BCUT2D eigenvalue weighted by atomic mass is 9.76. The number of rotatable bonds is 4. The van der Waals surface area contributed by atoms with Crippen molar-refractivity contribution in [3.63, 3.8) is 0 Å². The first-order chi connectivity index (χ1) is 16.5.